The van der Waals surface area contributed by atoms with Crippen LogP contribution in [0.15, 0.2) is 46.9 Å². The van der Waals surface area contributed by atoms with Crippen molar-refractivity contribution in [2.45, 2.75) is 13.8 Å². The lowest BCUT2D eigenvalue weighted by Gasteiger charge is -2.14. The lowest BCUT2D eigenvalue weighted by atomic mass is 10.2. The fourth-order valence-corrected chi connectivity index (χ4v) is 2.96. The molecule has 8 heteroatoms. The van der Waals surface area contributed by atoms with Gasteiger partial charge in [-0.2, -0.15) is 5.26 Å². The number of anilines is 1. The third-order valence-electron chi connectivity index (χ3n) is 3.68. The molecule has 2 rings (SSSR count). The van der Waals surface area contributed by atoms with Gasteiger partial charge in [0.2, 0.25) is 0 Å². The van der Waals surface area contributed by atoms with Gasteiger partial charge in [0.1, 0.15) is 0 Å². The molecule has 7 nitrogen and oxygen atoms in total. The zero-order chi connectivity index (χ0) is 21.9. The van der Waals surface area contributed by atoms with Crippen molar-refractivity contribution in [3.05, 3.63) is 58.1 Å². The number of halogens is 1. The Labute approximate surface area is 183 Å². The van der Waals surface area contributed by atoms with E-state index in [9.17, 15) is 9.59 Å². The summed E-state index contributed by atoms with van der Waals surface area (Å²) in [6.07, 6.45) is 2.97. The molecular formula is C22H21BrN2O5. The predicted octanol–water partition coefficient (Wildman–Crippen LogP) is 4.31. The second-order valence-corrected chi connectivity index (χ2v) is 6.73. The summed E-state index contributed by atoms with van der Waals surface area (Å²) in [5.74, 6) is -0.0321. The zero-order valence-electron chi connectivity index (χ0n) is 16.6. The van der Waals surface area contributed by atoms with Crippen LogP contribution in [0.5, 0.6) is 11.5 Å². The summed E-state index contributed by atoms with van der Waals surface area (Å²) in [5.41, 5.74) is 1.79. The second-order valence-electron chi connectivity index (χ2n) is 5.87. The number of nitrogens with zero attached hydrogens (tertiary/aromatic N) is 1. The first-order valence-corrected chi connectivity index (χ1v) is 10.00. The quantitative estimate of drug-likeness (QED) is 0.431. The Morgan fingerprint density at radius 2 is 1.87 bits per heavy atom. The molecule has 0 fully saturated rings. The Morgan fingerprint density at radius 1 is 1.13 bits per heavy atom. The van der Waals surface area contributed by atoms with Crippen molar-refractivity contribution in [3.63, 3.8) is 0 Å². The number of nitriles is 1. The first kappa shape index (κ1) is 23.0. The van der Waals surface area contributed by atoms with Crippen molar-refractivity contribution in [3.8, 4) is 17.6 Å². The van der Waals surface area contributed by atoms with E-state index < -0.39 is 5.97 Å². The molecule has 2 aromatic carbocycles. The average molecular weight is 473 g/mol. The van der Waals surface area contributed by atoms with E-state index in [4.69, 9.17) is 19.5 Å². The monoisotopic (exact) mass is 472 g/mol. The molecule has 1 amide bonds. The molecule has 0 saturated heterocycles. The summed E-state index contributed by atoms with van der Waals surface area (Å²) in [6.45, 7) is 4.02. The fourth-order valence-electron chi connectivity index (χ4n) is 2.40. The van der Waals surface area contributed by atoms with Gasteiger partial charge in [-0.1, -0.05) is 12.1 Å². The molecule has 0 spiro atoms. The molecule has 0 radical (unpaired) electrons. The van der Waals surface area contributed by atoms with Crippen LogP contribution < -0.4 is 14.8 Å². The molecule has 0 aliphatic heterocycles. The Balaban J connectivity index is 1.97. The van der Waals surface area contributed by atoms with Crippen LogP contribution in [0.3, 0.4) is 0 Å². The largest absolute Gasteiger partial charge is 0.490 e. The Hall–Kier alpha value is -3.31. The highest BCUT2D eigenvalue weighted by atomic mass is 79.9. The zero-order valence-corrected chi connectivity index (χ0v) is 18.2. The number of hydrogen-bond acceptors (Lipinski definition) is 6. The highest BCUT2D eigenvalue weighted by Crippen LogP contribution is 2.36. The van der Waals surface area contributed by atoms with E-state index in [0.29, 0.717) is 40.4 Å². The molecule has 0 unspecified atom stereocenters. The van der Waals surface area contributed by atoms with Gasteiger partial charge in [-0.05, 0) is 59.6 Å². The highest BCUT2D eigenvalue weighted by Gasteiger charge is 2.14. The van der Waals surface area contributed by atoms with E-state index in [0.717, 1.165) is 5.56 Å². The predicted molar refractivity (Wildman–Crippen MR) is 116 cm³/mol. The molecule has 156 valence electrons. The number of rotatable bonds is 9. The Bertz CT molecular complexity index is 965. The van der Waals surface area contributed by atoms with E-state index in [-0.39, 0.29) is 12.5 Å². The minimum atomic E-state index is -0.410. The van der Waals surface area contributed by atoms with E-state index in [1.165, 1.54) is 6.08 Å². The van der Waals surface area contributed by atoms with Gasteiger partial charge >= 0.3 is 5.97 Å². The lowest BCUT2D eigenvalue weighted by molar-refractivity contribution is -0.137. The lowest BCUT2D eigenvalue weighted by Crippen LogP contribution is -2.20. The van der Waals surface area contributed by atoms with E-state index >= 15 is 0 Å². The fraction of sp³-hybridized carbons (Fsp3) is 0.227. The summed E-state index contributed by atoms with van der Waals surface area (Å²) in [5, 5.41) is 11.8. The molecule has 0 aliphatic rings. The van der Waals surface area contributed by atoms with Gasteiger partial charge in [0.25, 0.3) is 5.91 Å². The molecular weight excluding hydrogens is 452 g/mol. The first-order valence-electron chi connectivity index (χ1n) is 9.20. The number of ether oxygens (including phenoxy) is 3. The minimum absolute atomic E-state index is 0.241. The number of benzene rings is 2. The van der Waals surface area contributed by atoms with Crippen LogP contribution in [0.2, 0.25) is 0 Å². The third-order valence-corrected chi connectivity index (χ3v) is 4.27. The first-order chi connectivity index (χ1) is 14.5. The van der Waals surface area contributed by atoms with Crippen molar-refractivity contribution in [2.75, 3.05) is 25.1 Å². The number of amides is 1. The number of esters is 1. The maximum Gasteiger partial charge on any atom is 0.330 e. The van der Waals surface area contributed by atoms with Gasteiger partial charge in [0.05, 0.1) is 29.3 Å². The molecule has 0 saturated carbocycles. The number of carbonyl (C=O) groups is 2. The normalized spacial score (nSPS) is 10.3. The van der Waals surface area contributed by atoms with Crippen LogP contribution in [0, 0.1) is 11.3 Å². The van der Waals surface area contributed by atoms with Crippen LogP contribution in [0.25, 0.3) is 6.08 Å². The van der Waals surface area contributed by atoms with Crippen molar-refractivity contribution in [1.29, 1.82) is 5.26 Å². The van der Waals surface area contributed by atoms with Crippen LogP contribution in [0.4, 0.5) is 5.69 Å². The third kappa shape index (κ3) is 6.94. The van der Waals surface area contributed by atoms with E-state index in [2.05, 4.69) is 21.2 Å². The van der Waals surface area contributed by atoms with E-state index in [1.54, 1.807) is 49.4 Å². The molecule has 0 heterocycles. The summed E-state index contributed by atoms with van der Waals surface area (Å²) < 4.78 is 16.5. The molecule has 0 aliphatic carbocycles. The summed E-state index contributed by atoms with van der Waals surface area (Å²) in [4.78, 5) is 23.6. The second kappa shape index (κ2) is 11.6. The van der Waals surface area contributed by atoms with Gasteiger partial charge in [0, 0.05) is 17.8 Å². The summed E-state index contributed by atoms with van der Waals surface area (Å²) in [6, 6.07) is 12.1. The molecule has 0 aromatic heterocycles. The maximum atomic E-state index is 12.2. The summed E-state index contributed by atoms with van der Waals surface area (Å²) in [7, 11) is 0. The average Bonchev–Trinajstić information content (AvgIpc) is 2.73. The van der Waals surface area contributed by atoms with Gasteiger partial charge in [-0.3, -0.25) is 4.79 Å². The topological polar surface area (TPSA) is 97.6 Å². The number of hydrogen-bond donors (Lipinski definition) is 1. The highest BCUT2D eigenvalue weighted by molar-refractivity contribution is 9.10. The molecule has 0 bridgehead atoms. The smallest absolute Gasteiger partial charge is 0.330 e. The van der Waals surface area contributed by atoms with Crippen LogP contribution in [-0.4, -0.2) is 31.7 Å². The Morgan fingerprint density at radius 3 is 2.50 bits per heavy atom. The van der Waals surface area contributed by atoms with Crippen molar-refractivity contribution in [2.24, 2.45) is 0 Å². The van der Waals surface area contributed by atoms with Crippen molar-refractivity contribution < 1.29 is 23.8 Å². The molecule has 30 heavy (non-hydrogen) atoms. The molecule has 0 atom stereocenters. The summed E-state index contributed by atoms with van der Waals surface area (Å²) >= 11 is 3.34. The molecule has 2 aromatic rings. The minimum Gasteiger partial charge on any atom is -0.490 e. The standard InChI is InChI=1S/C22H21BrN2O5/c1-3-28-19-12-16(13-24)11-18(23)22(19)30-14-20(26)25-17-8-5-15(6-9-17)7-10-21(27)29-4-2/h5-12H,3-4,14H2,1-2H3,(H,25,26)/b10-7+. The maximum absolute atomic E-state index is 12.2. The number of nitrogens with one attached hydrogen (secondary N) is 1. The van der Waals surface area contributed by atoms with Crippen molar-refractivity contribution in [1.82, 2.24) is 0 Å². The van der Waals surface area contributed by atoms with E-state index in [1.807, 2.05) is 13.0 Å². The van der Waals surface area contributed by atoms with Gasteiger partial charge < -0.3 is 19.5 Å². The number of carbonyl (C=O) groups excluding carboxylic acids is 2. The van der Waals surface area contributed by atoms with Gasteiger partial charge in [-0.15, -0.1) is 0 Å². The Kier molecular flexibility index (Phi) is 8.91. The van der Waals surface area contributed by atoms with Crippen molar-refractivity contribution >= 4 is 39.6 Å². The van der Waals surface area contributed by atoms with Crippen LogP contribution >= 0.6 is 15.9 Å². The van der Waals surface area contributed by atoms with Gasteiger partial charge in [0.15, 0.2) is 18.1 Å². The van der Waals surface area contributed by atoms with Crippen LogP contribution in [0.1, 0.15) is 25.0 Å². The SMILES string of the molecule is CCOC(=O)/C=C/c1ccc(NC(=O)COc2c(Br)cc(C#N)cc2OCC)cc1. The van der Waals surface area contributed by atoms with Crippen LogP contribution in [-0.2, 0) is 14.3 Å². The van der Waals surface area contributed by atoms with Gasteiger partial charge in [-0.25, -0.2) is 4.79 Å². The molecule has 1 N–H and O–H groups in total.